The number of nitrogens with two attached hydrogens (primary N) is 2. The van der Waals surface area contributed by atoms with Gasteiger partial charge in [0.1, 0.15) is 23.2 Å². The fraction of sp³-hybridized carbons (Fsp3) is 0.240. The van der Waals surface area contributed by atoms with Crippen LogP contribution in [-0.4, -0.2) is 48.8 Å². The highest BCUT2D eigenvalue weighted by atomic mass is 16.5. The van der Waals surface area contributed by atoms with Crippen molar-refractivity contribution >= 4 is 23.1 Å². The second-order valence-electron chi connectivity index (χ2n) is 7.92. The molecule has 1 aliphatic heterocycles. The summed E-state index contributed by atoms with van der Waals surface area (Å²) in [4.78, 5) is 17.8. The summed E-state index contributed by atoms with van der Waals surface area (Å²) in [6, 6.07) is 16.6. The Labute approximate surface area is 197 Å². The zero-order valence-corrected chi connectivity index (χ0v) is 18.6. The van der Waals surface area contributed by atoms with Gasteiger partial charge in [-0.3, -0.25) is 4.79 Å². The highest BCUT2D eigenvalue weighted by molar-refractivity contribution is 5.85. The zero-order chi connectivity index (χ0) is 24.1. The van der Waals surface area contributed by atoms with Crippen LogP contribution in [0.25, 0.3) is 22.4 Å². The van der Waals surface area contributed by atoms with Gasteiger partial charge in [0.25, 0.3) is 0 Å². The Kier molecular flexibility index (Phi) is 6.80. The third kappa shape index (κ3) is 4.87. The Morgan fingerprint density at radius 3 is 2.65 bits per heavy atom. The van der Waals surface area contributed by atoms with E-state index >= 15 is 0 Å². The molecular formula is C25H26N6O3. The number of nitrogens with zero attached hydrogens (tertiary/aromatic N) is 3. The summed E-state index contributed by atoms with van der Waals surface area (Å²) >= 11 is 0. The highest BCUT2D eigenvalue weighted by Gasteiger charge is 2.19. The minimum absolute atomic E-state index is 0.0709. The van der Waals surface area contributed by atoms with E-state index in [9.17, 15) is 15.2 Å². The number of aromatic nitrogens is 1. The van der Waals surface area contributed by atoms with Crippen LogP contribution in [-0.2, 0) is 9.53 Å². The first-order valence-electron chi connectivity index (χ1n) is 11.0. The number of aromatic hydroxyl groups is 1. The Morgan fingerprint density at radius 1 is 1.18 bits per heavy atom. The van der Waals surface area contributed by atoms with Gasteiger partial charge < -0.3 is 31.5 Å². The first-order chi connectivity index (χ1) is 16.5. The van der Waals surface area contributed by atoms with Gasteiger partial charge in [0.15, 0.2) is 0 Å². The van der Waals surface area contributed by atoms with Crippen molar-refractivity contribution in [2.45, 2.75) is 6.42 Å². The molecule has 2 aromatic carbocycles. The molecule has 1 aliphatic rings. The number of nitrogens with one attached hydrogen (secondary N) is 1. The molecular weight excluding hydrogens is 432 g/mol. The van der Waals surface area contributed by atoms with Gasteiger partial charge in [0.05, 0.1) is 30.3 Å². The first-order valence-corrected chi connectivity index (χ1v) is 11.0. The third-order valence-corrected chi connectivity index (χ3v) is 5.69. The van der Waals surface area contributed by atoms with Crippen molar-refractivity contribution in [2.24, 2.45) is 5.73 Å². The number of hydrogen-bond donors (Lipinski definition) is 4. The molecule has 9 heteroatoms. The molecule has 0 spiro atoms. The number of nitrogen functional groups attached to an aromatic ring is 1. The number of carbonyl (C=O) groups excluding carboxylic acids is 1. The van der Waals surface area contributed by atoms with E-state index in [2.05, 4.69) is 21.3 Å². The van der Waals surface area contributed by atoms with Crippen molar-refractivity contribution in [1.29, 1.82) is 5.26 Å². The van der Waals surface area contributed by atoms with Gasteiger partial charge in [-0.15, -0.1) is 0 Å². The maximum Gasteiger partial charge on any atom is 0.219 e. The molecule has 1 amide bonds. The number of primary amides is 1. The van der Waals surface area contributed by atoms with E-state index in [0.29, 0.717) is 36.6 Å². The van der Waals surface area contributed by atoms with Crippen molar-refractivity contribution in [3.63, 3.8) is 0 Å². The first kappa shape index (κ1) is 22.9. The Morgan fingerprint density at radius 2 is 1.94 bits per heavy atom. The smallest absolute Gasteiger partial charge is 0.219 e. The van der Waals surface area contributed by atoms with Gasteiger partial charge in [0, 0.05) is 37.2 Å². The molecule has 0 atom stereocenters. The Bertz CT molecular complexity index is 1250. The van der Waals surface area contributed by atoms with E-state index in [1.165, 1.54) is 0 Å². The lowest BCUT2D eigenvalue weighted by molar-refractivity contribution is -0.117. The van der Waals surface area contributed by atoms with Crippen LogP contribution in [0.5, 0.6) is 5.75 Å². The van der Waals surface area contributed by atoms with E-state index in [1.807, 2.05) is 18.2 Å². The molecule has 0 unspecified atom stereocenters. The molecule has 0 bridgehead atoms. The SMILES string of the molecule is N#Cc1c(-c2ccc(N3CCOCC3)c(NCCC(N)=O)c2)cc(-c2ccccc2O)nc1N. The highest BCUT2D eigenvalue weighted by Crippen LogP contribution is 2.37. The van der Waals surface area contributed by atoms with Crippen molar-refractivity contribution in [3.8, 4) is 34.2 Å². The number of rotatable bonds is 7. The number of nitriles is 1. The van der Waals surface area contributed by atoms with E-state index in [4.69, 9.17) is 16.2 Å². The van der Waals surface area contributed by atoms with E-state index in [-0.39, 0.29) is 23.6 Å². The lowest BCUT2D eigenvalue weighted by Gasteiger charge is -2.31. The van der Waals surface area contributed by atoms with Crippen molar-refractivity contribution < 1.29 is 14.6 Å². The van der Waals surface area contributed by atoms with Crippen LogP contribution < -0.4 is 21.7 Å². The molecule has 3 aromatic rings. The normalized spacial score (nSPS) is 13.3. The fourth-order valence-electron chi connectivity index (χ4n) is 3.98. The quantitative estimate of drug-likeness (QED) is 0.422. The van der Waals surface area contributed by atoms with E-state index < -0.39 is 5.91 Å². The maximum atomic E-state index is 11.3. The summed E-state index contributed by atoms with van der Waals surface area (Å²) < 4.78 is 5.47. The number of carbonyl (C=O) groups is 1. The molecule has 4 rings (SSSR count). The van der Waals surface area contributed by atoms with Gasteiger partial charge in [-0.1, -0.05) is 18.2 Å². The van der Waals surface area contributed by atoms with Crippen LogP contribution in [0.4, 0.5) is 17.2 Å². The second-order valence-corrected chi connectivity index (χ2v) is 7.92. The predicted molar refractivity (Wildman–Crippen MR) is 131 cm³/mol. The summed E-state index contributed by atoms with van der Waals surface area (Å²) in [5, 5.41) is 23.4. The largest absolute Gasteiger partial charge is 0.507 e. The molecule has 174 valence electrons. The molecule has 0 aliphatic carbocycles. The molecule has 2 heterocycles. The third-order valence-electron chi connectivity index (χ3n) is 5.69. The average molecular weight is 459 g/mol. The average Bonchev–Trinajstić information content (AvgIpc) is 2.84. The Balaban J connectivity index is 1.80. The molecule has 6 N–H and O–H groups in total. The van der Waals surface area contributed by atoms with Crippen molar-refractivity contribution in [1.82, 2.24) is 4.98 Å². The number of anilines is 3. The monoisotopic (exact) mass is 458 g/mol. The molecule has 1 aromatic heterocycles. The lowest BCUT2D eigenvalue weighted by Crippen LogP contribution is -2.36. The Hall–Kier alpha value is -4.29. The molecule has 0 radical (unpaired) electrons. The number of hydrogen-bond acceptors (Lipinski definition) is 8. The summed E-state index contributed by atoms with van der Waals surface area (Å²) in [6.45, 7) is 3.13. The number of para-hydroxylation sites is 1. The van der Waals surface area contributed by atoms with Crippen LogP contribution in [0.2, 0.25) is 0 Å². The number of pyridine rings is 1. The van der Waals surface area contributed by atoms with Crippen LogP contribution in [0, 0.1) is 11.3 Å². The summed E-state index contributed by atoms with van der Waals surface area (Å²) in [5.74, 6) is -0.238. The van der Waals surface area contributed by atoms with Crippen molar-refractivity contribution in [3.05, 3.63) is 54.1 Å². The second kappa shape index (κ2) is 10.1. The summed E-state index contributed by atoms with van der Waals surface area (Å²) in [6.07, 6.45) is 0.190. The molecule has 1 saturated heterocycles. The minimum Gasteiger partial charge on any atom is -0.507 e. The van der Waals surface area contributed by atoms with Gasteiger partial charge in [-0.2, -0.15) is 5.26 Å². The van der Waals surface area contributed by atoms with Crippen LogP contribution in [0.15, 0.2) is 48.5 Å². The number of phenolic OH excluding ortho intramolecular Hbond substituents is 1. The number of benzene rings is 2. The molecule has 0 saturated carbocycles. The number of amides is 1. The summed E-state index contributed by atoms with van der Waals surface area (Å²) in [5.41, 5.74) is 15.8. The summed E-state index contributed by atoms with van der Waals surface area (Å²) in [7, 11) is 0. The van der Waals surface area contributed by atoms with Gasteiger partial charge in [0.2, 0.25) is 5.91 Å². The maximum absolute atomic E-state index is 11.3. The van der Waals surface area contributed by atoms with Gasteiger partial charge in [-0.25, -0.2) is 4.98 Å². The van der Waals surface area contributed by atoms with E-state index in [0.717, 1.165) is 30.0 Å². The van der Waals surface area contributed by atoms with Crippen LogP contribution in [0.3, 0.4) is 0 Å². The predicted octanol–water partition coefficient (Wildman–Crippen LogP) is 2.70. The van der Waals surface area contributed by atoms with Gasteiger partial charge in [-0.05, 0) is 35.9 Å². The molecule has 34 heavy (non-hydrogen) atoms. The van der Waals surface area contributed by atoms with Crippen LogP contribution >= 0.6 is 0 Å². The zero-order valence-electron chi connectivity index (χ0n) is 18.6. The fourth-order valence-corrected chi connectivity index (χ4v) is 3.98. The van der Waals surface area contributed by atoms with Crippen LogP contribution in [0.1, 0.15) is 12.0 Å². The number of phenols is 1. The standard InChI is InChI=1S/C25H26N6O3/c26-15-19-18(14-20(30-25(19)28)17-3-1-2-4-23(17)32)16-5-6-22(31-9-11-34-12-10-31)21(13-16)29-8-7-24(27)33/h1-6,13-14,29,32H,7-12H2,(H2,27,33)(H2,28,30). The minimum atomic E-state index is -0.391. The van der Waals surface area contributed by atoms with Gasteiger partial charge >= 0.3 is 0 Å². The molecule has 1 fully saturated rings. The van der Waals surface area contributed by atoms with Crippen molar-refractivity contribution in [2.75, 3.05) is 48.8 Å². The lowest BCUT2D eigenvalue weighted by atomic mass is 9.97. The topological polar surface area (TPSA) is 151 Å². The number of morpholine rings is 1. The van der Waals surface area contributed by atoms with E-state index in [1.54, 1.807) is 30.3 Å². The molecule has 9 nitrogen and oxygen atoms in total. The number of ether oxygens (including phenoxy) is 1.